The first-order chi connectivity index (χ1) is 5.97. The fourth-order valence-electron chi connectivity index (χ4n) is 1.82. The van der Waals surface area contributed by atoms with Gasteiger partial charge in [-0.2, -0.15) is 0 Å². The molecule has 13 heavy (non-hydrogen) atoms. The summed E-state index contributed by atoms with van der Waals surface area (Å²) in [6, 6.07) is 11.3. The standard InChI is InChI=1S/C11H15N.BrH/c1-2-6-10(7-3-1)11-8-4-5-9-12-11;/h1-3,6-7,11-12H,4-5,8-9H2;1H. The van der Waals surface area contributed by atoms with Crippen LogP contribution in [0.25, 0.3) is 0 Å². The number of benzene rings is 1. The Morgan fingerprint density at radius 2 is 1.85 bits per heavy atom. The van der Waals surface area contributed by atoms with Crippen LogP contribution in [-0.2, 0) is 0 Å². The van der Waals surface area contributed by atoms with E-state index in [0.29, 0.717) is 6.04 Å². The number of hydrogen-bond acceptors (Lipinski definition) is 1. The zero-order valence-electron chi connectivity index (χ0n) is 7.70. The second-order valence-electron chi connectivity index (χ2n) is 3.41. The summed E-state index contributed by atoms with van der Waals surface area (Å²) in [6.07, 6.45) is 4.00. The molecule has 1 heterocycles. The molecule has 72 valence electrons. The molecule has 1 fully saturated rings. The van der Waals surface area contributed by atoms with Crippen molar-refractivity contribution in [2.24, 2.45) is 0 Å². The van der Waals surface area contributed by atoms with Gasteiger partial charge in [0.15, 0.2) is 0 Å². The van der Waals surface area contributed by atoms with Gasteiger partial charge >= 0.3 is 0 Å². The van der Waals surface area contributed by atoms with Gasteiger partial charge in [-0.3, -0.25) is 0 Å². The Morgan fingerprint density at radius 1 is 1.08 bits per heavy atom. The average molecular weight is 242 g/mol. The third-order valence-electron chi connectivity index (χ3n) is 2.51. The first-order valence-corrected chi connectivity index (χ1v) is 4.75. The first-order valence-electron chi connectivity index (χ1n) is 4.75. The van der Waals surface area contributed by atoms with Crippen LogP contribution in [0, 0.1) is 0 Å². The van der Waals surface area contributed by atoms with Crippen molar-refractivity contribution in [2.45, 2.75) is 25.3 Å². The number of nitrogens with one attached hydrogen (secondary N) is 1. The van der Waals surface area contributed by atoms with Crippen LogP contribution in [-0.4, -0.2) is 6.54 Å². The van der Waals surface area contributed by atoms with Crippen molar-refractivity contribution in [3.8, 4) is 0 Å². The summed E-state index contributed by atoms with van der Waals surface area (Å²) in [7, 11) is 0. The Kier molecular flexibility index (Phi) is 4.46. The quantitative estimate of drug-likeness (QED) is 0.798. The van der Waals surface area contributed by atoms with Crippen LogP contribution in [0.2, 0.25) is 0 Å². The SMILES string of the molecule is Br.c1ccc(C2CCCCN2)cc1. The molecule has 1 aliphatic rings. The average Bonchev–Trinajstić information content (AvgIpc) is 2.21. The molecule has 2 heteroatoms. The first kappa shape index (κ1) is 10.7. The maximum atomic E-state index is 3.54. The molecule has 1 saturated heterocycles. The Balaban J connectivity index is 0.000000845. The highest BCUT2D eigenvalue weighted by molar-refractivity contribution is 8.93. The van der Waals surface area contributed by atoms with Crippen LogP contribution in [0.1, 0.15) is 30.9 Å². The lowest BCUT2D eigenvalue weighted by Gasteiger charge is -2.23. The van der Waals surface area contributed by atoms with E-state index in [9.17, 15) is 0 Å². The van der Waals surface area contributed by atoms with Crippen molar-refractivity contribution in [1.29, 1.82) is 0 Å². The molecule has 1 N–H and O–H groups in total. The van der Waals surface area contributed by atoms with E-state index in [0.717, 1.165) is 0 Å². The molecule has 0 aromatic heterocycles. The Morgan fingerprint density at radius 3 is 2.46 bits per heavy atom. The highest BCUT2D eigenvalue weighted by atomic mass is 79.9. The topological polar surface area (TPSA) is 12.0 Å². The van der Waals surface area contributed by atoms with Crippen LogP contribution in [0.5, 0.6) is 0 Å². The third kappa shape index (κ3) is 2.82. The van der Waals surface area contributed by atoms with Gasteiger partial charge in [-0.15, -0.1) is 17.0 Å². The van der Waals surface area contributed by atoms with Gasteiger partial charge in [-0.05, 0) is 24.9 Å². The molecule has 1 unspecified atom stereocenters. The van der Waals surface area contributed by atoms with Crippen molar-refractivity contribution in [2.75, 3.05) is 6.54 Å². The molecule has 0 bridgehead atoms. The third-order valence-corrected chi connectivity index (χ3v) is 2.51. The number of halogens is 1. The van der Waals surface area contributed by atoms with Crippen LogP contribution in [0.3, 0.4) is 0 Å². The molecule has 0 amide bonds. The monoisotopic (exact) mass is 241 g/mol. The largest absolute Gasteiger partial charge is 0.310 e. The second kappa shape index (κ2) is 5.40. The van der Waals surface area contributed by atoms with E-state index in [2.05, 4.69) is 35.6 Å². The van der Waals surface area contributed by atoms with Crippen molar-refractivity contribution < 1.29 is 0 Å². The van der Waals surface area contributed by atoms with Crippen LogP contribution < -0.4 is 5.32 Å². The lowest BCUT2D eigenvalue weighted by molar-refractivity contribution is 0.412. The predicted octanol–water partition coefficient (Wildman–Crippen LogP) is 3.08. The van der Waals surface area contributed by atoms with E-state index in [1.165, 1.54) is 31.4 Å². The minimum Gasteiger partial charge on any atom is -0.310 e. The number of rotatable bonds is 1. The number of piperidine rings is 1. The fraction of sp³-hybridized carbons (Fsp3) is 0.455. The molecule has 1 aliphatic heterocycles. The second-order valence-corrected chi connectivity index (χ2v) is 3.41. The van der Waals surface area contributed by atoms with E-state index in [-0.39, 0.29) is 17.0 Å². The number of hydrogen-bond donors (Lipinski definition) is 1. The molecule has 2 rings (SSSR count). The van der Waals surface area contributed by atoms with Gasteiger partial charge in [0.1, 0.15) is 0 Å². The minimum atomic E-state index is 0. The van der Waals surface area contributed by atoms with Gasteiger partial charge in [0.2, 0.25) is 0 Å². The molecule has 1 atom stereocenters. The van der Waals surface area contributed by atoms with Crippen molar-refractivity contribution in [3.05, 3.63) is 35.9 Å². The van der Waals surface area contributed by atoms with E-state index in [4.69, 9.17) is 0 Å². The Labute approximate surface area is 90.3 Å². The molecule has 0 aliphatic carbocycles. The normalized spacial score (nSPS) is 22.0. The van der Waals surface area contributed by atoms with E-state index in [1.54, 1.807) is 0 Å². The molecule has 0 saturated carbocycles. The highest BCUT2D eigenvalue weighted by Crippen LogP contribution is 2.21. The van der Waals surface area contributed by atoms with Gasteiger partial charge in [-0.25, -0.2) is 0 Å². The van der Waals surface area contributed by atoms with E-state index < -0.39 is 0 Å². The van der Waals surface area contributed by atoms with Crippen LogP contribution in [0.4, 0.5) is 0 Å². The lowest BCUT2D eigenvalue weighted by Crippen LogP contribution is -2.26. The predicted molar refractivity (Wildman–Crippen MR) is 61.4 cm³/mol. The summed E-state index contributed by atoms with van der Waals surface area (Å²) in [5.41, 5.74) is 1.44. The maximum Gasteiger partial charge on any atom is 0.0320 e. The van der Waals surface area contributed by atoms with Gasteiger partial charge in [0.05, 0.1) is 0 Å². The molecule has 1 aromatic carbocycles. The van der Waals surface area contributed by atoms with Gasteiger partial charge in [0, 0.05) is 6.04 Å². The van der Waals surface area contributed by atoms with Crippen LogP contribution >= 0.6 is 17.0 Å². The molecule has 1 aromatic rings. The van der Waals surface area contributed by atoms with Crippen LogP contribution in [0.15, 0.2) is 30.3 Å². The van der Waals surface area contributed by atoms with Crippen molar-refractivity contribution in [3.63, 3.8) is 0 Å². The summed E-state index contributed by atoms with van der Waals surface area (Å²) in [5, 5.41) is 3.54. The van der Waals surface area contributed by atoms with Crippen molar-refractivity contribution >= 4 is 17.0 Å². The van der Waals surface area contributed by atoms with Gasteiger partial charge in [0.25, 0.3) is 0 Å². The lowest BCUT2D eigenvalue weighted by atomic mass is 9.98. The van der Waals surface area contributed by atoms with Gasteiger partial charge < -0.3 is 5.32 Å². The summed E-state index contributed by atoms with van der Waals surface area (Å²) >= 11 is 0. The molecule has 0 radical (unpaired) electrons. The zero-order chi connectivity index (χ0) is 8.23. The molecular formula is C11H16BrN. The van der Waals surface area contributed by atoms with Crippen molar-refractivity contribution in [1.82, 2.24) is 5.32 Å². The molecular weight excluding hydrogens is 226 g/mol. The minimum absolute atomic E-state index is 0. The highest BCUT2D eigenvalue weighted by Gasteiger charge is 2.13. The smallest absolute Gasteiger partial charge is 0.0320 e. The Hall–Kier alpha value is -0.340. The van der Waals surface area contributed by atoms with E-state index >= 15 is 0 Å². The summed E-state index contributed by atoms with van der Waals surface area (Å²) in [5.74, 6) is 0. The molecule has 1 nitrogen and oxygen atoms in total. The summed E-state index contributed by atoms with van der Waals surface area (Å²) in [4.78, 5) is 0. The summed E-state index contributed by atoms with van der Waals surface area (Å²) in [6.45, 7) is 1.18. The summed E-state index contributed by atoms with van der Waals surface area (Å²) < 4.78 is 0. The van der Waals surface area contributed by atoms with Gasteiger partial charge in [-0.1, -0.05) is 36.8 Å². The zero-order valence-corrected chi connectivity index (χ0v) is 9.41. The Bertz CT molecular complexity index is 229. The molecule has 0 spiro atoms. The maximum absolute atomic E-state index is 3.54. The van der Waals surface area contributed by atoms with E-state index in [1.807, 2.05) is 0 Å². The fourth-order valence-corrected chi connectivity index (χ4v) is 1.82.